The van der Waals surface area contributed by atoms with Gasteiger partial charge in [-0.1, -0.05) is 31.9 Å². The van der Waals surface area contributed by atoms with Crippen LogP contribution >= 0.6 is 31.9 Å². The van der Waals surface area contributed by atoms with Crippen LogP contribution in [0.2, 0.25) is 0 Å². The molecule has 0 aromatic heterocycles. The molecule has 1 saturated heterocycles. The Balaban J connectivity index is 2.75. The fourth-order valence-corrected chi connectivity index (χ4v) is 2.80. The molecule has 0 unspecified atom stereocenters. The lowest BCUT2D eigenvalue weighted by Crippen LogP contribution is -2.48. The van der Waals surface area contributed by atoms with Crippen molar-refractivity contribution in [1.82, 2.24) is 0 Å². The van der Waals surface area contributed by atoms with Crippen LogP contribution in [0.25, 0.3) is 0 Å². The summed E-state index contributed by atoms with van der Waals surface area (Å²) < 4.78 is 10.9. The van der Waals surface area contributed by atoms with E-state index >= 15 is 0 Å². The molecule has 0 amide bonds. The van der Waals surface area contributed by atoms with Gasteiger partial charge in [-0.2, -0.15) is 0 Å². The minimum Gasteiger partial charge on any atom is -0.345 e. The molecule has 66 valence electrons. The molecule has 0 aromatic rings. The van der Waals surface area contributed by atoms with Crippen molar-refractivity contribution in [2.75, 3.05) is 18.5 Å². The summed E-state index contributed by atoms with van der Waals surface area (Å²) in [5, 5.41) is 0.693. The largest absolute Gasteiger partial charge is 0.345 e. The van der Waals surface area contributed by atoms with Gasteiger partial charge in [-0.15, -0.1) is 0 Å². The molecule has 1 heterocycles. The highest BCUT2D eigenvalue weighted by atomic mass is 79.9. The maximum Gasteiger partial charge on any atom is 0.192 e. The molecule has 0 spiro atoms. The molecule has 0 aliphatic carbocycles. The summed E-state index contributed by atoms with van der Waals surface area (Å²) in [4.78, 5) is 0. The van der Waals surface area contributed by atoms with Crippen molar-refractivity contribution in [2.24, 2.45) is 0 Å². The molecule has 1 fully saturated rings. The lowest BCUT2D eigenvalue weighted by molar-refractivity contribution is -0.153. The summed E-state index contributed by atoms with van der Waals surface area (Å²) >= 11 is 6.93. The van der Waals surface area contributed by atoms with Crippen LogP contribution in [0.4, 0.5) is 0 Å². The van der Waals surface area contributed by atoms with E-state index in [-0.39, 0.29) is 4.32 Å². The first-order chi connectivity index (χ1) is 5.02. The van der Waals surface area contributed by atoms with Gasteiger partial charge in [0.25, 0.3) is 0 Å². The molecular weight excluding hydrogens is 276 g/mol. The topological polar surface area (TPSA) is 18.5 Å². The second-order valence-corrected chi connectivity index (χ2v) is 5.60. The third kappa shape index (κ3) is 1.79. The Hall–Kier alpha value is 0.880. The first-order valence-corrected chi connectivity index (χ1v) is 5.46. The summed E-state index contributed by atoms with van der Waals surface area (Å²) in [6.07, 6.45) is 0. The maximum atomic E-state index is 5.54. The Morgan fingerprint density at radius 3 is 2.00 bits per heavy atom. The van der Waals surface area contributed by atoms with Crippen LogP contribution in [-0.4, -0.2) is 28.7 Å². The number of ether oxygens (including phenoxy) is 2. The van der Waals surface area contributed by atoms with Gasteiger partial charge < -0.3 is 9.47 Å². The van der Waals surface area contributed by atoms with Crippen LogP contribution in [0.3, 0.4) is 0 Å². The Bertz CT molecular complexity index is 136. The van der Waals surface area contributed by atoms with Gasteiger partial charge >= 0.3 is 0 Å². The average molecular weight is 288 g/mol. The van der Waals surface area contributed by atoms with Crippen molar-refractivity contribution >= 4 is 31.9 Å². The molecule has 0 aromatic carbocycles. The second kappa shape index (κ2) is 3.32. The molecular formula is C7H12Br2O2. The number of halogens is 2. The van der Waals surface area contributed by atoms with E-state index in [1.807, 2.05) is 13.8 Å². The average Bonchev–Trinajstić information content (AvgIpc) is 2.33. The van der Waals surface area contributed by atoms with Crippen molar-refractivity contribution in [1.29, 1.82) is 0 Å². The van der Waals surface area contributed by atoms with Crippen LogP contribution in [0.5, 0.6) is 0 Å². The highest BCUT2D eigenvalue weighted by Gasteiger charge is 2.47. The summed E-state index contributed by atoms with van der Waals surface area (Å²) in [5.41, 5.74) is 0. The standard InChI is InChI=1S/C7H12Br2O2/c1-6(2,9)7(5-8)10-3-4-11-7/h3-5H2,1-2H3. The molecule has 0 atom stereocenters. The van der Waals surface area contributed by atoms with E-state index < -0.39 is 5.79 Å². The van der Waals surface area contributed by atoms with Crippen LogP contribution in [0.1, 0.15) is 13.8 Å². The highest BCUT2D eigenvalue weighted by Crippen LogP contribution is 2.39. The summed E-state index contributed by atoms with van der Waals surface area (Å²) in [5.74, 6) is -0.493. The fraction of sp³-hybridized carbons (Fsp3) is 1.00. The van der Waals surface area contributed by atoms with Crippen LogP contribution in [0, 0.1) is 0 Å². The zero-order chi connectivity index (χ0) is 8.54. The van der Waals surface area contributed by atoms with E-state index in [9.17, 15) is 0 Å². The molecule has 1 rings (SSSR count). The molecule has 4 heteroatoms. The van der Waals surface area contributed by atoms with Gasteiger partial charge in [-0.25, -0.2) is 0 Å². The monoisotopic (exact) mass is 286 g/mol. The minimum absolute atomic E-state index is 0.153. The molecule has 0 radical (unpaired) electrons. The quantitative estimate of drug-likeness (QED) is 0.726. The van der Waals surface area contributed by atoms with Crippen molar-refractivity contribution in [3.63, 3.8) is 0 Å². The summed E-state index contributed by atoms with van der Waals surface area (Å²) in [6.45, 7) is 5.44. The zero-order valence-corrected chi connectivity index (χ0v) is 9.87. The van der Waals surface area contributed by atoms with Crippen molar-refractivity contribution in [3.05, 3.63) is 0 Å². The predicted octanol–water partition coefficient (Wildman–Crippen LogP) is 2.30. The molecule has 0 bridgehead atoms. The minimum atomic E-state index is -0.493. The molecule has 0 saturated carbocycles. The number of rotatable bonds is 2. The number of alkyl halides is 2. The smallest absolute Gasteiger partial charge is 0.192 e. The first kappa shape index (κ1) is 9.96. The Labute approximate surface area is 83.9 Å². The van der Waals surface area contributed by atoms with E-state index in [2.05, 4.69) is 31.9 Å². The lowest BCUT2D eigenvalue weighted by atomic mass is 10.1. The van der Waals surface area contributed by atoms with Gasteiger partial charge in [-0.05, 0) is 13.8 Å². The van der Waals surface area contributed by atoms with Crippen molar-refractivity contribution in [3.8, 4) is 0 Å². The number of hydrogen-bond donors (Lipinski definition) is 0. The molecule has 1 aliphatic rings. The van der Waals surface area contributed by atoms with E-state index in [4.69, 9.17) is 9.47 Å². The Morgan fingerprint density at radius 1 is 1.36 bits per heavy atom. The summed E-state index contributed by atoms with van der Waals surface area (Å²) in [6, 6.07) is 0. The van der Waals surface area contributed by atoms with E-state index in [0.717, 1.165) is 0 Å². The third-order valence-electron chi connectivity index (χ3n) is 1.84. The molecule has 0 N–H and O–H groups in total. The predicted molar refractivity (Wildman–Crippen MR) is 51.4 cm³/mol. The van der Waals surface area contributed by atoms with Crippen LogP contribution in [-0.2, 0) is 9.47 Å². The highest BCUT2D eigenvalue weighted by molar-refractivity contribution is 9.10. The SMILES string of the molecule is CC(C)(Br)C1(CBr)OCCO1. The van der Waals surface area contributed by atoms with Gasteiger partial charge in [0.1, 0.15) is 0 Å². The summed E-state index contributed by atoms with van der Waals surface area (Å²) in [7, 11) is 0. The van der Waals surface area contributed by atoms with E-state index in [0.29, 0.717) is 18.5 Å². The third-order valence-corrected chi connectivity index (χ3v) is 3.18. The Kier molecular flexibility index (Phi) is 3.01. The van der Waals surface area contributed by atoms with Crippen molar-refractivity contribution < 1.29 is 9.47 Å². The number of hydrogen-bond acceptors (Lipinski definition) is 2. The molecule has 11 heavy (non-hydrogen) atoms. The second-order valence-electron chi connectivity index (χ2n) is 3.06. The van der Waals surface area contributed by atoms with Gasteiger partial charge in [-0.3, -0.25) is 0 Å². The maximum absolute atomic E-state index is 5.54. The molecule has 2 nitrogen and oxygen atoms in total. The first-order valence-electron chi connectivity index (χ1n) is 3.55. The van der Waals surface area contributed by atoms with Gasteiger partial charge in [0.2, 0.25) is 0 Å². The lowest BCUT2D eigenvalue weighted by Gasteiger charge is -2.36. The fourth-order valence-electron chi connectivity index (χ4n) is 1.03. The normalized spacial score (nSPS) is 24.0. The van der Waals surface area contributed by atoms with Crippen molar-refractivity contribution in [2.45, 2.75) is 24.0 Å². The zero-order valence-electron chi connectivity index (χ0n) is 6.69. The van der Waals surface area contributed by atoms with E-state index in [1.54, 1.807) is 0 Å². The van der Waals surface area contributed by atoms with E-state index in [1.165, 1.54) is 0 Å². The van der Waals surface area contributed by atoms with Crippen LogP contribution < -0.4 is 0 Å². The van der Waals surface area contributed by atoms with Gasteiger partial charge in [0, 0.05) is 0 Å². The van der Waals surface area contributed by atoms with Gasteiger partial charge in [0.15, 0.2) is 5.79 Å². The van der Waals surface area contributed by atoms with Crippen LogP contribution in [0.15, 0.2) is 0 Å². The van der Waals surface area contributed by atoms with Gasteiger partial charge in [0.05, 0.1) is 22.9 Å². The Morgan fingerprint density at radius 2 is 1.82 bits per heavy atom. The molecule has 1 aliphatic heterocycles.